The van der Waals surface area contributed by atoms with Crippen molar-refractivity contribution in [2.75, 3.05) is 7.05 Å². The second kappa shape index (κ2) is 10.0. The van der Waals surface area contributed by atoms with E-state index >= 15 is 0 Å². The Labute approximate surface area is 189 Å². The number of hydrogen-bond acceptors (Lipinski definition) is 3. The molecule has 31 heavy (non-hydrogen) atoms. The lowest BCUT2D eigenvalue weighted by Gasteiger charge is -2.22. The summed E-state index contributed by atoms with van der Waals surface area (Å²) >= 11 is 6.13. The van der Waals surface area contributed by atoms with Gasteiger partial charge in [-0.15, -0.1) is 0 Å². The summed E-state index contributed by atoms with van der Waals surface area (Å²) in [5, 5.41) is 1.93. The first-order chi connectivity index (χ1) is 15.3. The van der Waals surface area contributed by atoms with E-state index in [1.165, 1.54) is 55.8 Å². The van der Waals surface area contributed by atoms with Crippen LogP contribution in [-0.4, -0.2) is 17.0 Å². The third kappa shape index (κ3) is 4.63. The average Bonchev–Trinajstić information content (AvgIpc) is 2.86. The average molecular weight is 430 g/mol. The number of benzene rings is 2. The molecule has 0 spiro atoms. The van der Waals surface area contributed by atoms with Gasteiger partial charge in [-0.25, -0.2) is 4.98 Å². The fraction of sp³-hybridized carbons (Fsp3) is 0.259. The molecule has 0 atom stereocenters. The van der Waals surface area contributed by atoms with Crippen LogP contribution in [0.1, 0.15) is 43.7 Å². The zero-order chi connectivity index (χ0) is 21.6. The molecule has 0 saturated heterocycles. The highest BCUT2D eigenvalue weighted by molar-refractivity contribution is 6.30. The number of fused-ring (bicyclic) bond motifs is 1. The van der Waals surface area contributed by atoms with Crippen molar-refractivity contribution in [2.45, 2.75) is 38.0 Å². The van der Waals surface area contributed by atoms with Crippen LogP contribution < -0.4 is 5.73 Å². The molecule has 3 nitrogen and oxygen atoms in total. The topological polar surface area (TPSA) is 51.8 Å². The van der Waals surface area contributed by atoms with Crippen molar-refractivity contribution < 1.29 is 0 Å². The Hall–Kier alpha value is -2.75. The molecule has 1 aliphatic rings. The predicted molar refractivity (Wildman–Crippen MR) is 131 cm³/mol. The van der Waals surface area contributed by atoms with E-state index in [1.807, 2.05) is 36.5 Å². The summed E-state index contributed by atoms with van der Waals surface area (Å²) in [7, 11) is 1.50. The van der Waals surface area contributed by atoms with E-state index in [9.17, 15) is 0 Å². The van der Waals surface area contributed by atoms with Crippen LogP contribution in [0.4, 0.5) is 0 Å². The van der Waals surface area contributed by atoms with Gasteiger partial charge in [0.1, 0.15) is 0 Å². The van der Waals surface area contributed by atoms with E-state index in [1.54, 1.807) is 0 Å². The zero-order valence-corrected chi connectivity index (χ0v) is 18.6. The van der Waals surface area contributed by atoms with E-state index in [4.69, 9.17) is 21.6 Å². The smallest absolute Gasteiger partial charge is 0.0788 e. The van der Waals surface area contributed by atoms with Crippen LogP contribution in [0.3, 0.4) is 0 Å². The Morgan fingerprint density at radius 3 is 2.26 bits per heavy atom. The van der Waals surface area contributed by atoms with Crippen LogP contribution in [0.2, 0.25) is 5.02 Å². The molecule has 2 aromatic carbocycles. The molecular weight excluding hydrogens is 402 g/mol. The minimum absolute atomic E-state index is 0.541. The van der Waals surface area contributed by atoms with Crippen molar-refractivity contribution >= 4 is 22.5 Å². The highest BCUT2D eigenvalue weighted by Gasteiger charge is 2.21. The molecule has 0 radical (unpaired) electrons. The van der Waals surface area contributed by atoms with E-state index in [-0.39, 0.29) is 0 Å². The molecule has 2 heterocycles. The van der Waals surface area contributed by atoms with Crippen LogP contribution in [0.5, 0.6) is 0 Å². The summed E-state index contributed by atoms with van der Waals surface area (Å²) in [4.78, 5) is 9.95. The predicted octanol–water partition coefficient (Wildman–Crippen LogP) is 7.24. The van der Waals surface area contributed by atoms with Gasteiger partial charge in [0.2, 0.25) is 0 Å². The lowest BCUT2D eigenvalue weighted by molar-refractivity contribution is 0.439. The largest absolute Gasteiger partial charge is 0.333 e. The molecule has 1 saturated carbocycles. The molecule has 0 bridgehead atoms. The fourth-order valence-electron chi connectivity index (χ4n) is 4.48. The maximum atomic E-state index is 6.13. The molecule has 0 aliphatic heterocycles. The normalized spacial score (nSPS) is 14.2. The monoisotopic (exact) mass is 429 g/mol. The highest BCUT2D eigenvalue weighted by Crippen LogP contribution is 2.38. The van der Waals surface area contributed by atoms with Crippen molar-refractivity contribution in [2.24, 2.45) is 5.73 Å². The van der Waals surface area contributed by atoms with Gasteiger partial charge < -0.3 is 5.73 Å². The lowest BCUT2D eigenvalue weighted by Crippen LogP contribution is -2.07. The van der Waals surface area contributed by atoms with E-state index < -0.39 is 0 Å². The Bertz CT molecular complexity index is 1130. The molecule has 0 unspecified atom stereocenters. The maximum absolute atomic E-state index is 6.13. The second-order valence-corrected chi connectivity index (χ2v) is 8.29. The van der Waals surface area contributed by atoms with Gasteiger partial charge in [-0.3, -0.25) is 4.98 Å². The first kappa shape index (κ1) is 21.5. The van der Waals surface area contributed by atoms with Crippen LogP contribution in [0.15, 0.2) is 72.9 Å². The first-order valence-corrected chi connectivity index (χ1v) is 11.4. The third-order valence-electron chi connectivity index (χ3n) is 5.97. The highest BCUT2D eigenvalue weighted by atomic mass is 35.5. The summed E-state index contributed by atoms with van der Waals surface area (Å²) in [5.74, 6) is 0.541. The number of nitrogens with two attached hydrogens (primary N) is 1. The summed E-state index contributed by atoms with van der Waals surface area (Å²) in [5.41, 5.74) is 11.1. The van der Waals surface area contributed by atoms with Crippen molar-refractivity contribution in [3.63, 3.8) is 0 Å². The number of aromatic nitrogens is 2. The van der Waals surface area contributed by atoms with Crippen LogP contribution in [-0.2, 0) is 0 Å². The van der Waals surface area contributed by atoms with E-state index in [2.05, 4.69) is 42.1 Å². The van der Waals surface area contributed by atoms with Crippen molar-refractivity contribution in [3.8, 4) is 22.4 Å². The number of nitrogens with zero attached hydrogens (tertiary/aromatic N) is 2. The molecule has 2 aromatic heterocycles. The van der Waals surface area contributed by atoms with Gasteiger partial charge >= 0.3 is 0 Å². The molecule has 2 N–H and O–H groups in total. The molecule has 4 aromatic rings. The minimum atomic E-state index is 0.541. The van der Waals surface area contributed by atoms with Crippen molar-refractivity contribution in [3.05, 3.63) is 83.6 Å². The van der Waals surface area contributed by atoms with Gasteiger partial charge in [0.15, 0.2) is 0 Å². The van der Waals surface area contributed by atoms with Crippen molar-refractivity contribution in [1.29, 1.82) is 0 Å². The summed E-state index contributed by atoms with van der Waals surface area (Å²) in [6.07, 6.45) is 8.31. The molecule has 158 valence electrons. The van der Waals surface area contributed by atoms with Gasteiger partial charge in [0.25, 0.3) is 0 Å². The van der Waals surface area contributed by atoms with Gasteiger partial charge in [-0.1, -0.05) is 73.3 Å². The Kier molecular flexibility index (Phi) is 6.96. The number of pyridine rings is 2. The minimum Gasteiger partial charge on any atom is -0.333 e. The number of halogens is 1. The standard InChI is InChI=1S/C26H23ClN2.CH5N/c27-21-13-11-20(12-14-21)26-22(18-7-3-1-4-8-18)17-23-24(29-26)15-16-28-25(23)19-9-5-2-6-10-19;1-2/h1,3-4,7-8,11-17,19H,2,5-6,9-10H2;2H2,1H3. The second-order valence-electron chi connectivity index (χ2n) is 7.86. The SMILES string of the molecule is CN.Clc1ccc(-c2nc3ccnc(C4CCCCC4)c3cc2-c2ccccc2)cc1. The zero-order valence-electron chi connectivity index (χ0n) is 17.9. The quantitative estimate of drug-likeness (QED) is 0.373. The summed E-state index contributed by atoms with van der Waals surface area (Å²) in [6, 6.07) is 22.8. The molecule has 4 heteroatoms. The van der Waals surface area contributed by atoms with Crippen molar-refractivity contribution in [1.82, 2.24) is 9.97 Å². The maximum Gasteiger partial charge on any atom is 0.0788 e. The molecule has 1 aliphatic carbocycles. The summed E-state index contributed by atoms with van der Waals surface area (Å²) in [6.45, 7) is 0. The Morgan fingerprint density at radius 1 is 0.839 bits per heavy atom. The fourth-order valence-corrected chi connectivity index (χ4v) is 4.61. The third-order valence-corrected chi connectivity index (χ3v) is 6.22. The van der Waals surface area contributed by atoms with E-state index in [0.29, 0.717) is 5.92 Å². The van der Waals surface area contributed by atoms with Crippen LogP contribution in [0.25, 0.3) is 33.3 Å². The van der Waals surface area contributed by atoms with Crippen LogP contribution in [0, 0.1) is 0 Å². The molecule has 5 rings (SSSR count). The van der Waals surface area contributed by atoms with Gasteiger partial charge in [-0.05, 0) is 49.7 Å². The Morgan fingerprint density at radius 2 is 1.55 bits per heavy atom. The van der Waals surface area contributed by atoms with Gasteiger partial charge in [0, 0.05) is 33.7 Å². The van der Waals surface area contributed by atoms with E-state index in [0.717, 1.165) is 27.4 Å². The van der Waals surface area contributed by atoms with Gasteiger partial charge in [0.05, 0.1) is 16.9 Å². The van der Waals surface area contributed by atoms with Crippen LogP contribution >= 0.6 is 11.6 Å². The molecular formula is C27H28ClN3. The number of rotatable bonds is 3. The first-order valence-electron chi connectivity index (χ1n) is 11.0. The molecule has 1 fully saturated rings. The molecule has 0 amide bonds. The van der Waals surface area contributed by atoms with Gasteiger partial charge in [-0.2, -0.15) is 0 Å². The lowest BCUT2D eigenvalue weighted by atomic mass is 9.85. The number of hydrogen-bond donors (Lipinski definition) is 1. The summed E-state index contributed by atoms with van der Waals surface area (Å²) < 4.78 is 0. The Balaban J connectivity index is 0.00000112.